The zero-order chi connectivity index (χ0) is 13.3. The average molecular weight is 264 g/mol. The monoisotopic (exact) mass is 264 g/mol. The van der Waals surface area contributed by atoms with E-state index in [1.807, 2.05) is 18.4 Å². The Kier molecular flexibility index (Phi) is 3.61. The van der Waals surface area contributed by atoms with Gasteiger partial charge in [0.2, 0.25) is 0 Å². The van der Waals surface area contributed by atoms with Crippen LogP contribution >= 0.6 is 11.3 Å². The van der Waals surface area contributed by atoms with E-state index in [-0.39, 0.29) is 0 Å². The summed E-state index contributed by atoms with van der Waals surface area (Å²) in [6.45, 7) is 9.17. The smallest absolute Gasteiger partial charge is 0.0828 e. The van der Waals surface area contributed by atoms with E-state index in [4.69, 9.17) is 5.73 Å². The molecule has 0 aliphatic heterocycles. The van der Waals surface area contributed by atoms with Crippen molar-refractivity contribution in [3.05, 3.63) is 27.7 Å². The van der Waals surface area contributed by atoms with Crippen molar-refractivity contribution >= 4 is 22.7 Å². The van der Waals surface area contributed by atoms with Crippen LogP contribution in [0.15, 0.2) is 11.4 Å². The quantitative estimate of drug-likeness (QED) is 0.890. The second kappa shape index (κ2) is 5.02. The minimum absolute atomic E-state index is 0.381. The molecule has 2 heterocycles. The fraction of sp³-hybridized carbons (Fsp3) is 0.462. The first-order chi connectivity index (χ1) is 8.50. The number of nitrogens with one attached hydrogen (secondary N) is 1. The van der Waals surface area contributed by atoms with Crippen molar-refractivity contribution in [1.29, 1.82) is 0 Å². The number of aryl methyl sites for hydroxylation is 1. The molecule has 0 aliphatic rings. The van der Waals surface area contributed by atoms with E-state index in [9.17, 15) is 0 Å². The van der Waals surface area contributed by atoms with E-state index in [1.165, 1.54) is 10.6 Å². The first kappa shape index (κ1) is 13.0. The molecular formula is C13H20N4S. The Morgan fingerprint density at radius 3 is 2.67 bits per heavy atom. The Morgan fingerprint density at radius 2 is 2.17 bits per heavy atom. The zero-order valence-corrected chi connectivity index (χ0v) is 12.1. The number of aromatic nitrogens is 2. The van der Waals surface area contributed by atoms with Crippen molar-refractivity contribution in [3.8, 4) is 0 Å². The van der Waals surface area contributed by atoms with Gasteiger partial charge in [0.05, 0.1) is 23.6 Å². The third-order valence-corrected chi connectivity index (χ3v) is 3.96. The summed E-state index contributed by atoms with van der Waals surface area (Å²) in [5.41, 5.74) is 10.1. The van der Waals surface area contributed by atoms with Gasteiger partial charge in [-0.25, -0.2) is 0 Å². The molecule has 0 bridgehead atoms. The predicted octanol–water partition coefficient (Wildman–Crippen LogP) is 3.34. The second-order valence-corrected chi connectivity index (χ2v) is 5.74. The van der Waals surface area contributed by atoms with Gasteiger partial charge in [0.25, 0.3) is 0 Å². The van der Waals surface area contributed by atoms with Crippen LogP contribution in [0.2, 0.25) is 0 Å². The number of rotatable bonds is 4. The molecular weight excluding hydrogens is 244 g/mol. The van der Waals surface area contributed by atoms with Crippen LogP contribution in [0.5, 0.6) is 0 Å². The van der Waals surface area contributed by atoms with Gasteiger partial charge in [-0.15, -0.1) is 11.3 Å². The highest BCUT2D eigenvalue weighted by molar-refractivity contribution is 7.10. The number of nitrogen functional groups attached to an aromatic ring is 1. The topological polar surface area (TPSA) is 55.9 Å². The van der Waals surface area contributed by atoms with Gasteiger partial charge in [0, 0.05) is 16.6 Å². The Bertz CT molecular complexity index is 539. The lowest BCUT2D eigenvalue weighted by molar-refractivity contribution is 0.516. The average Bonchev–Trinajstić information content (AvgIpc) is 2.82. The maximum atomic E-state index is 5.88. The number of hydrogen-bond donors (Lipinski definition) is 2. The van der Waals surface area contributed by atoms with Gasteiger partial charge in [0.15, 0.2) is 0 Å². The molecule has 0 amide bonds. The molecule has 2 rings (SSSR count). The molecule has 0 aliphatic carbocycles. The molecule has 18 heavy (non-hydrogen) atoms. The molecule has 0 fully saturated rings. The minimum Gasteiger partial charge on any atom is -0.398 e. The van der Waals surface area contributed by atoms with Gasteiger partial charge in [0.1, 0.15) is 0 Å². The summed E-state index contributed by atoms with van der Waals surface area (Å²) in [4.78, 5) is 1.17. The highest BCUT2D eigenvalue weighted by Gasteiger charge is 2.13. The summed E-state index contributed by atoms with van der Waals surface area (Å²) in [6, 6.07) is 2.32. The van der Waals surface area contributed by atoms with Crippen molar-refractivity contribution in [3.63, 3.8) is 0 Å². The lowest BCUT2D eigenvalue weighted by Crippen LogP contribution is -2.06. The predicted molar refractivity (Wildman–Crippen MR) is 78.1 cm³/mol. The summed E-state index contributed by atoms with van der Waals surface area (Å²) < 4.78 is 2.05. The molecule has 3 N–H and O–H groups in total. The molecule has 0 saturated heterocycles. The van der Waals surface area contributed by atoms with Gasteiger partial charge >= 0.3 is 0 Å². The van der Waals surface area contributed by atoms with Crippen LogP contribution < -0.4 is 11.1 Å². The third kappa shape index (κ3) is 2.36. The summed E-state index contributed by atoms with van der Waals surface area (Å²) >= 11 is 1.68. The number of hydrogen-bond acceptors (Lipinski definition) is 4. The van der Waals surface area contributed by atoms with Gasteiger partial charge in [-0.1, -0.05) is 0 Å². The van der Waals surface area contributed by atoms with Gasteiger partial charge in [-0.3, -0.25) is 4.68 Å². The third-order valence-electron chi connectivity index (χ3n) is 3.02. The number of nitrogens with zero attached hydrogens (tertiary/aromatic N) is 2. The van der Waals surface area contributed by atoms with Crippen molar-refractivity contribution in [2.24, 2.45) is 0 Å². The van der Waals surface area contributed by atoms with Gasteiger partial charge < -0.3 is 11.1 Å². The van der Waals surface area contributed by atoms with Crippen molar-refractivity contribution in [2.45, 2.75) is 40.3 Å². The van der Waals surface area contributed by atoms with Gasteiger partial charge in [-0.05, 0) is 39.1 Å². The van der Waals surface area contributed by atoms with Crippen LogP contribution in [-0.2, 0) is 6.54 Å². The lowest BCUT2D eigenvalue weighted by atomic mass is 10.3. The number of nitrogens with two attached hydrogens (primary N) is 1. The Balaban J connectivity index is 2.17. The van der Waals surface area contributed by atoms with Crippen LogP contribution in [0, 0.1) is 13.8 Å². The molecule has 0 aromatic carbocycles. The molecule has 5 heteroatoms. The molecule has 4 nitrogen and oxygen atoms in total. The summed E-state index contributed by atoms with van der Waals surface area (Å²) in [6.07, 6.45) is 0. The SMILES string of the molecule is Cc1nn(C(C)C)c(C)c1NCc1sccc1N. The van der Waals surface area contributed by atoms with Crippen LogP contribution in [0.1, 0.15) is 36.2 Å². The maximum Gasteiger partial charge on any atom is 0.0828 e. The summed E-state index contributed by atoms with van der Waals surface area (Å²) in [7, 11) is 0. The molecule has 0 unspecified atom stereocenters. The van der Waals surface area contributed by atoms with Crippen LogP contribution in [0.3, 0.4) is 0 Å². The Hall–Kier alpha value is -1.49. The normalized spacial score (nSPS) is 11.2. The summed E-state index contributed by atoms with van der Waals surface area (Å²) in [5, 5.41) is 10.0. The number of thiophene rings is 1. The molecule has 98 valence electrons. The molecule has 0 spiro atoms. The van der Waals surface area contributed by atoms with E-state index < -0.39 is 0 Å². The largest absolute Gasteiger partial charge is 0.398 e. The number of anilines is 2. The highest BCUT2D eigenvalue weighted by atomic mass is 32.1. The molecule has 2 aromatic rings. The standard InChI is InChI=1S/C13H20N4S/c1-8(2)17-10(4)13(9(3)16-17)15-7-12-11(14)5-6-18-12/h5-6,8,15H,7,14H2,1-4H3. The van der Waals surface area contributed by atoms with Crippen molar-refractivity contribution in [2.75, 3.05) is 11.1 Å². The zero-order valence-electron chi connectivity index (χ0n) is 11.3. The molecule has 0 atom stereocenters. The van der Waals surface area contributed by atoms with Crippen molar-refractivity contribution < 1.29 is 0 Å². The second-order valence-electron chi connectivity index (χ2n) is 4.74. The highest BCUT2D eigenvalue weighted by Crippen LogP contribution is 2.25. The molecule has 0 saturated carbocycles. The van der Waals surface area contributed by atoms with Crippen molar-refractivity contribution in [1.82, 2.24) is 9.78 Å². The lowest BCUT2D eigenvalue weighted by Gasteiger charge is -2.09. The first-order valence-corrected chi connectivity index (χ1v) is 7.00. The Morgan fingerprint density at radius 1 is 1.44 bits per heavy atom. The van der Waals surface area contributed by atoms with Crippen LogP contribution in [0.25, 0.3) is 0 Å². The van der Waals surface area contributed by atoms with E-state index in [2.05, 4.69) is 35.9 Å². The fourth-order valence-corrected chi connectivity index (χ4v) is 2.82. The van der Waals surface area contributed by atoms with Crippen LogP contribution in [0.4, 0.5) is 11.4 Å². The van der Waals surface area contributed by atoms with Crippen LogP contribution in [-0.4, -0.2) is 9.78 Å². The van der Waals surface area contributed by atoms with E-state index >= 15 is 0 Å². The first-order valence-electron chi connectivity index (χ1n) is 6.12. The van der Waals surface area contributed by atoms with E-state index in [0.29, 0.717) is 6.04 Å². The van der Waals surface area contributed by atoms with E-state index in [0.717, 1.165) is 23.6 Å². The minimum atomic E-state index is 0.381. The maximum absolute atomic E-state index is 5.88. The fourth-order valence-electron chi connectivity index (χ4n) is 2.08. The summed E-state index contributed by atoms with van der Waals surface area (Å²) in [5.74, 6) is 0. The van der Waals surface area contributed by atoms with E-state index in [1.54, 1.807) is 11.3 Å². The molecule has 0 radical (unpaired) electrons. The Labute approximate surface area is 112 Å². The van der Waals surface area contributed by atoms with Gasteiger partial charge in [-0.2, -0.15) is 5.10 Å². The molecule has 2 aromatic heterocycles.